The molecule has 0 aliphatic carbocycles. The fourth-order valence-electron chi connectivity index (χ4n) is 1.19. The van der Waals surface area contributed by atoms with E-state index < -0.39 is 0 Å². The molecule has 1 aliphatic heterocycles. The second kappa shape index (κ2) is 4.87. The summed E-state index contributed by atoms with van der Waals surface area (Å²) in [5.74, 6) is -0.178. The molecule has 0 aromatic carbocycles. The maximum Gasteiger partial charge on any atom is 0.270 e. The minimum absolute atomic E-state index is 0.0332. The van der Waals surface area contributed by atoms with Crippen LogP contribution in [0.2, 0.25) is 0 Å². The number of aliphatic hydroxyl groups is 1. The van der Waals surface area contributed by atoms with Gasteiger partial charge in [-0.3, -0.25) is 10.2 Å². The number of rotatable bonds is 3. The number of carbonyl (C=O) groups excluding carboxylic acids is 1. The molecule has 1 saturated heterocycles. The van der Waals surface area contributed by atoms with Gasteiger partial charge in [0.15, 0.2) is 5.11 Å². The van der Waals surface area contributed by atoms with Crippen molar-refractivity contribution in [3.63, 3.8) is 0 Å². The summed E-state index contributed by atoms with van der Waals surface area (Å²) in [5.41, 5.74) is 7.92. The molecule has 1 aliphatic rings. The Bertz CT molecular complexity index is 279. The highest BCUT2D eigenvalue weighted by molar-refractivity contribution is 7.80. The Balaban J connectivity index is 2.54. The van der Waals surface area contributed by atoms with Gasteiger partial charge in [-0.1, -0.05) is 0 Å². The Morgan fingerprint density at radius 3 is 3.07 bits per heavy atom. The topological polar surface area (TPSA) is 90.9 Å². The van der Waals surface area contributed by atoms with Crippen molar-refractivity contribution in [1.82, 2.24) is 10.3 Å². The van der Waals surface area contributed by atoms with Crippen molar-refractivity contribution in [3.8, 4) is 0 Å². The molecule has 1 rings (SSSR count). The van der Waals surface area contributed by atoms with Crippen LogP contribution in [0.25, 0.3) is 0 Å². The van der Waals surface area contributed by atoms with E-state index in [1.54, 1.807) is 0 Å². The van der Waals surface area contributed by atoms with Gasteiger partial charge < -0.3 is 15.7 Å². The first-order chi connectivity index (χ1) is 6.65. The molecule has 0 unspecified atom stereocenters. The molecule has 0 spiro atoms. The first kappa shape index (κ1) is 10.9. The highest BCUT2D eigenvalue weighted by Crippen LogP contribution is 2.06. The number of nitrogens with one attached hydrogen (secondary N) is 1. The molecule has 0 atom stereocenters. The van der Waals surface area contributed by atoms with Gasteiger partial charge in [0, 0.05) is 19.5 Å². The van der Waals surface area contributed by atoms with Gasteiger partial charge in [0.2, 0.25) is 0 Å². The van der Waals surface area contributed by atoms with Crippen LogP contribution >= 0.6 is 12.2 Å². The van der Waals surface area contributed by atoms with Crippen LogP contribution in [0.3, 0.4) is 0 Å². The molecular weight excluding hydrogens is 204 g/mol. The molecule has 0 radical (unpaired) electrons. The van der Waals surface area contributed by atoms with Crippen LogP contribution in [0.5, 0.6) is 0 Å². The zero-order chi connectivity index (χ0) is 10.6. The lowest BCUT2D eigenvalue weighted by Crippen LogP contribution is -2.32. The van der Waals surface area contributed by atoms with E-state index >= 15 is 0 Å². The number of thiocarbonyl (C=S) groups is 1. The first-order valence-corrected chi connectivity index (χ1v) is 4.58. The molecule has 7 heteroatoms. The van der Waals surface area contributed by atoms with E-state index in [0.717, 1.165) is 0 Å². The molecule has 1 amide bonds. The molecule has 0 aromatic heterocycles. The number of carbonyl (C=O) groups is 1. The lowest BCUT2D eigenvalue weighted by molar-refractivity contribution is -0.122. The van der Waals surface area contributed by atoms with Gasteiger partial charge in [-0.05, 0) is 12.2 Å². The Morgan fingerprint density at radius 2 is 2.50 bits per heavy atom. The maximum atomic E-state index is 11.5. The first-order valence-electron chi connectivity index (χ1n) is 4.17. The number of likely N-dealkylation sites (tertiary alicyclic amines) is 1. The second-order valence-corrected chi connectivity index (χ2v) is 3.24. The predicted molar refractivity (Wildman–Crippen MR) is 55.6 cm³/mol. The molecule has 1 heterocycles. The predicted octanol–water partition coefficient (Wildman–Crippen LogP) is -1.60. The standard InChI is InChI=1S/C7H12N4O2S/c8-7(14)10-9-5-1-2-11(3-4-12)6(5)13/h12H,1-4H2,(H3,8,10,14)/b9-5-. The van der Waals surface area contributed by atoms with E-state index in [4.69, 9.17) is 10.8 Å². The number of hydrogen-bond acceptors (Lipinski definition) is 4. The Kier molecular flexibility index (Phi) is 3.78. The van der Waals surface area contributed by atoms with Crippen molar-refractivity contribution in [2.24, 2.45) is 10.8 Å². The van der Waals surface area contributed by atoms with E-state index in [9.17, 15) is 4.79 Å². The van der Waals surface area contributed by atoms with E-state index in [2.05, 4.69) is 22.7 Å². The highest BCUT2D eigenvalue weighted by Gasteiger charge is 2.26. The lowest BCUT2D eigenvalue weighted by Gasteiger charge is -2.11. The molecule has 1 fully saturated rings. The fourth-order valence-corrected chi connectivity index (χ4v) is 1.24. The van der Waals surface area contributed by atoms with Crippen LogP contribution in [0, 0.1) is 0 Å². The zero-order valence-corrected chi connectivity index (χ0v) is 8.38. The molecule has 0 aromatic rings. The third-order valence-corrected chi connectivity index (χ3v) is 1.91. The Labute approximate surface area is 86.8 Å². The Hall–Kier alpha value is -1.21. The van der Waals surface area contributed by atoms with E-state index in [0.29, 0.717) is 25.2 Å². The van der Waals surface area contributed by atoms with Crippen LogP contribution in [-0.2, 0) is 4.79 Å². The summed E-state index contributed by atoms with van der Waals surface area (Å²) in [4.78, 5) is 13.0. The molecule has 78 valence electrons. The van der Waals surface area contributed by atoms with Crippen LogP contribution in [0.4, 0.5) is 0 Å². The smallest absolute Gasteiger partial charge is 0.270 e. The van der Waals surface area contributed by atoms with Crippen LogP contribution in [0.1, 0.15) is 6.42 Å². The summed E-state index contributed by atoms with van der Waals surface area (Å²) in [5, 5.41) is 12.5. The number of amides is 1. The third-order valence-electron chi connectivity index (χ3n) is 1.82. The quantitative estimate of drug-likeness (QED) is 0.390. The van der Waals surface area contributed by atoms with Crippen molar-refractivity contribution in [1.29, 1.82) is 0 Å². The number of hydrogen-bond donors (Lipinski definition) is 3. The average Bonchev–Trinajstić information content (AvgIpc) is 2.46. The number of β-amino-alcohol motifs (C(OH)–C–C–N with tert-alkyl or cyclic N) is 1. The number of nitrogens with two attached hydrogens (primary N) is 1. The Morgan fingerprint density at radius 1 is 1.79 bits per heavy atom. The summed E-state index contributed by atoms with van der Waals surface area (Å²) in [6.07, 6.45) is 0.550. The summed E-state index contributed by atoms with van der Waals surface area (Å²) < 4.78 is 0. The van der Waals surface area contributed by atoms with E-state index in [1.165, 1.54) is 4.90 Å². The van der Waals surface area contributed by atoms with Crippen molar-refractivity contribution in [3.05, 3.63) is 0 Å². The molecule has 0 saturated carbocycles. The molecule has 4 N–H and O–H groups in total. The third kappa shape index (κ3) is 2.64. The zero-order valence-electron chi connectivity index (χ0n) is 7.56. The minimum Gasteiger partial charge on any atom is -0.395 e. The molecule has 0 bridgehead atoms. The normalized spacial score (nSPS) is 19.1. The maximum absolute atomic E-state index is 11.5. The lowest BCUT2D eigenvalue weighted by atomic mass is 10.3. The fraction of sp³-hybridized carbons (Fsp3) is 0.571. The monoisotopic (exact) mass is 216 g/mol. The van der Waals surface area contributed by atoms with Crippen LogP contribution < -0.4 is 11.2 Å². The summed E-state index contributed by atoms with van der Waals surface area (Å²) in [6.45, 7) is 0.879. The molecule has 14 heavy (non-hydrogen) atoms. The summed E-state index contributed by atoms with van der Waals surface area (Å²) in [6, 6.07) is 0. The van der Waals surface area contributed by atoms with Crippen LogP contribution in [-0.4, -0.2) is 46.4 Å². The largest absolute Gasteiger partial charge is 0.395 e. The van der Waals surface area contributed by atoms with Crippen molar-refractivity contribution in [2.75, 3.05) is 19.7 Å². The second-order valence-electron chi connectivity index (χ2n) is 2.80. The average molecular weight is 216 g/mol. The van der Waals surface area contributed by atoms with Crippen LogP contribution in [0.15, 0.2) is 5.10 Å². The summed E-state index contributed by atoms with van der Waals surface area (Å²) in [7, 11) is 0. The highest BCUT2D eigenvalue weighted by atomic mass is 32.1. The van der Waals surface area contributed by atoms with Gasteiger partial charge in [0.1, 0.15) is 5.71 Å². The number of aliphatic hydroxyl groups excluding tert-OH is 1. The van der Waals surface area contributed by atoms with Gasteiger partial charge >= 0.3 is 0 Å². The van der Waals surface area contributed by atoms with Gasteiger partial charge in [-0.25, -0.2) is 0 Å². The van der Waals surface area contributed by atoms with Gasteiger partial charge in [-0.15, -0.1) is 0 Å². The van der Waals surface area contributed by atoms with Gasteiger partial charge in [0.05, 0.1) is 6.61 Å². The minimum atomic E-state index is -0.178. The van der Waals surface area contributed by atoms with Crippen molar-refractivity contribution in [2.45, 2.75) is 6.42 Å². The number of nitrogens with zero attached hydrogens (tertiary/aromatic N) is 2. The molecular formula is C7H12N4O2S. The molecule has 6 nitrogen and oxygen atoms in total. The van der Waals surface area contributed by atoms with Crippen molar-refractivity contribution < 1.29 is 9.90 Å². The summed E-state index contributed by atoms with van der Waals surface area (Å²) >= 11 is 4.54. The van der Waals surface area contributed by atoms with E-state index in [-0.39, 0.29) is 17.6 Å². The van der Waals surface area contributed by atoms with Crippen molar-refractivity contribution >= 4 is 28.9 Å². The SMILES string of the molecule is NC(=S)N/N=C1/CCN(CCO)C1=O. The number of hydrazone groups is 1. The van der Waals surface area contributed by atoms with Gasteiger partial charge in [-0.2, -0.15) is 5.10 Å². The van der Waals surface area contributed by atoms with Gasteiger partial charge in [0.25, 0.3) is 5.91 Å². The van der Waals surface area contributed by atoms with E-state index in [1.807, 2.05) is 0 Å².